The number of likely N-dealkylation sites (N-methyl/N-ethyl adjacent to an activating group) is 1. The minimum absolute atomic E-state index is 0.00737. The Morgan fingerprint density at radius 1 is 1.11 bits per heavy atom. The highest BCUT2D eigenvalue weighted by Crippen LogP contribution is 2.34. The molecular weight excluding hydrogens is 570 g/mol. The SMILES string of the molecule is C=COC[C@H]1/C=C(C)/C=C/C(=O)[C@H](C)C[C@H](CC=O)[C@H](O[C@@H]2O[C@H](C)[C@@H](O)[C@H](N(C)C)[C@H]2O)[C@@H](C)[C@H](O)CC(=O)O[C@@H]1CC. The molecule has 44 heavy (non-hydrogen) atoms. The molecule has 0 aromatic heterocycles. The Labute approximate surface area is 261 Å². The Balaban J connectivity index is 2.52. The number of aldehydes is 1. The summed E-state index contributed by atoms with van der Waals surface area (Å²) in [5.74, 6) is -2.90. The number of ketones is 1. The number of hydrogen-bond acceptors (Lipinski definition) is 11. The van der Waals surface area contributed by atoms with Crippen LogP contribution in [0.5, 0.6) is 0 Å². The molecule has 0 aliphatic carbocycles. The lowest BCUT2D eigenvalue weighted by Crippen LogP contribution is -2.63. The van der Waals surface area contributed by atoms with Crippen molar-refractivity contribution in [3.63, 3.8) is 0 Å². The molecule has 1 fully saturated rings. The van der Waals surface area contributed by atoms with E-state index in [1.807, 2.05) is 19.9 Å². The first-order chi connectivity index (χ1) is 20.7. The average Bonchev–Trinajstić information content (AvgIpc) is 2.96. The summed E-state index contributed by atoms with van der Waals surface area (Å²) < 4.78 is 23.5. The lowest BCUT2D eigenvalue weighted by Gasteiger charge is -2.46. The molecule has 0 bridgehead atoms. The van der Waals surface area contributed by atoms with Gasteiger partial charge in [0, 0.05) is 24.2 Å². The van der Waals surface area contributed by atoms with Crippen molar-refractivity contribution >= 4 is 18.0 Å². The predicted octanol–water partition coefficient (Wildman–Crippen LogP) is 2.57. The second-order valence-corrected chi connectivity index (χ2v) is 12.4. The topological polar surface area (TPSA) is 152 Å². The fourth-order valence-electron chi connectivity index (χ4n) is 6.09. The molecule has 250 valence electrons. The number of esters is 1. The first-order valence-electron chi connectivity index (χ1n) is 15.5. The summed E-state index contributed by atoms with van der Waals surface area (Å²) in [4.78, 5) is 39.9. The zero-order valence-electron chi connectivity index (χ0n) is 27.2. The highest BCUT2D eigenvalue weighted by atomic mass is 16.7. The summed E-state index contributed by atoms with van der Waals surface area (Å²) in [6.45, 7) is 12.6. The van der Waals surface area contributed by atoms with Gasteiger partial charge in [0.2, 0.25) is 0 Å². The molecule has 2 heterocycles. The van der Waals surface area contributed by atoms with Gasteiger partial charge in [0.15, 0.2) is 12.1 Å². The fraction of sp³-hybridized carbons (Fsp3) is 0.727. The lowest BCUT2D eigenvalue weighted by molar-refractivity contribution is -0.304. The highest BCUT2D eigenvalue weighted by molar-refractivity contribution is 5.91. The van der Waals surface area contributed by atoms with Crippen LogP contribution in [0.1, 0.15) is 60.3 Å². The molecule has 3 N–H and O–H groups in total. The number of aliphatic hydroxyl groups is 3. The molecule has 1 saturated heterocycles. The number of carbonyl (C=O) groups excluding carboxylic acids is 3. The Morgan fingerprint density at radius 3 is 2.39 bits per heavy atom. The fourth-order valence-corrected chi connectivity index (χ4v) is 6.09. The first kappa shape index (κ1) is 37.8. The summed E-state index contributed by atoms with van der Waals surface area (Å²) in [5.41, 5.74) is 0.777. The molecule has 2 rings (SSSR count). The zero-order valence-corrected chi connectivity index (χ0v) is 27.2. The summed E-state index contributed by atoms with van der Waals surface area (Å²) in [6, 6.07) is -0.708. The zero-order chi connectivity index (χ0) is 33.1. The van der Waals surface area contributed by atoms with Gasteiger partial charge >= 0.3 is 5.97 Å². The van der Waals surface area contributed by atoms with Crippen LogP contribution in [0.25, 0.3) is 0 Å². The summed E-state index contributed by atoms with van der Waals surface area (Å²) in [6.07, 6.45) is 0.646. The first-order valence-corrected chi connectivity index (χ1v) is 15.5. The third kappa shape index (κ3) is 10.3. The van der Waals surface area contributed by atoms with Crippen molar-refractivity contribution in [1.82, 2.24) is 4.90 Å². The number of hydrogen-bond donors (Lipinski definition) is 3. The summed E-state index contributed by atoms with van der Waals surface area (Å²) in [7, 11) is 3.45. The van der Waals surface area contributed by atoms with Gasteiger partial charge in [0.25, 0.3) is 0 Å². The van der Waals surface area contributed by atoms with Crippen molar-refractivity contribution in [2.24, 2.45) is 23.7 Å². The van der Waals surface area contributed by atoms with E-state index in [1.54, 1.807) is 45.8 Å². The van der Waals surface area contributed by atoms with Crippen LogP contribution in [0.2, 0.25) is 0 Å². The molecule has 12 atom stereocenters. The molecule has 11 nitrogen and oxygen atoms in total. The van der Waals surface area contributed by atoms with Gasteiger partial charge in [-0.05, 0) is 52.8 Å². The standard InChI is InChI=1S/C33H53NO10/c1-9-27-24(18-41-10-2)15-19(3)11-12-25(36)20(4)16-23(13-14-35)32(21(5)26(37)17-28(38)43-27)44-33-31(40)29(34(7)8)30(39)22(6)42-33/h10-12,14-15,20-24,26-27,29-33,37,39-40H,2,9,13,16-18H2,1,3-8H3/b12-11+,19-15+/t20-,21+,22-,23+,24-,26-,27-,29+,30-,31-,32-,33+/m1/s1. The third-order valence-corrected chi connectivity index (χ3v) is 8.76. The maximum Gasteiger partial charge on any atom is 0.308 e. The second-order valence-electron chi connectivity index (χ2n) is 12.4. The van der Waals surface area contributed by atoms with Crippen LogP contribution >= 0.6 is 0 Å². The van der Waals surface area contributed by atoms with E-state index in [4.69, 9.17) is 18.9 Å². The third-order valence-electron chi connectivity index (χ3n) is 8.76. The van der Waals surface area contributed by atoms with Crippen molar-refractivity contribution in [2.45, 2.75) is 109 Å². The number of aliphatic hydroxyl groups excluding tert-OH is 3. The van der Waals surface area contributed by atoms with E-state index >= 15 is 0 Å². The van der Waals surface area contributed by atoms with E-state index in [0.717, 1.165) is 11.9 Å². The normalized spacial score (nSPS) is 40.0. The minimum Gasteiger partial charge on any atom is -0.501 e. The van der Waals surface area contributed by atoms with Crippen LogP contribution in [0.3, 0.4) is 0 Å². The summed E-state index contributed by atoms with van der Waals surface area (Å²) in [5, 5.41) is 33.2. The van der Waals surface area contributed by atoms with Gasteiger partial charge in [-0.2, -0.15) is 0 Å². The van der Waals surface area contributed by atoms with Gasteiger partial charge in [-0.25, -0.2) is 0 Å². The highest BCUT2D eigenvalue weighted by Gasteiger charge is 2.47. The molecule has 0 saturated carbocycles. The number of allylic oxidation sites excluding steroid dienone is 3. The van der Waals surface area contributed by atoms with Crippen molar-refractivity contribution in [1.29, 1.82) is 0 Å². The molecule has 0 amide bonds. The van der Waals surface area contributed by atoms with Crippen LogP contribution in [0.15, 0.2) is 36.6 Å². The van der Waals surface area contributed by atoms with E-state index in [2.05, 4.69) is 6.58 Å². The largest absolute Gasteiger partial charge is 0.501 e. The van der Waals surface area contributed by atoms with Gasteiger partial charge in [-0.15, -0.1) is 0 Å². The molecule has 0 aromatic rings. The molecular formula is C33H53NO10. The number of rotatable bonds is 9. The second kappa shape index (κ2) is 17.9. The lowest BCUT2D eigenvalue weighted by atomic mass is 9.79. The van der Waals surface area contributed by atoms with Gasteiger partial charge in [0.1, 0.15) is 18.5 Å². The number of nitrogens with zero attached hydrogens (tertiary/aromatic N) is 1. The molecule has 11 heteroatoms. The maximum atomic E-state index is 13.2. The smallest absolute Gasteiger partial charge is 0.308 e. The van der Waals surface area contributed by atoms with Crippen LogP contribution in [0.4, 0.5) is 0 Å². The molecule has 0 radical (unpaired) electrons. The average molecular weight is 624 g/mol. The predicted molar refractivity (Wildman–Crippen MR) is 164 cm³/mol. The molecule has 2 aliphatic rings. The van der Waals surface area contributed by atoms with E-state index in [9.17, 15) is 29.7 Å². The van der Waals surface area contributed by atoms with Gasteiger partial charge in [-0.3, -0.25) is 9.59 Å². The van der Waals surface area contributed by atoms with Crippen LogP contribution in [-0.2, 0) is 33.3 Å². The molecule has 0 spiro atoms. The van der Waals surface area contributed by atoms with Crippen LogP contribution < -0.4 is 0 Å². The molecule has 0 aromatic carbocycles. The van der Waals surface area contributed by atoms with E-state index in [1.165, 1.54) is 12.3 Å². The monoisotopic (exact) mass is 623 g/mol. The Kier molecular flexibility index (Phi) is 15.4. The van der Waals surface area contributed by atoms with Crippen LogP contribution in [0, 0.1) is 23.7 Å². The quantitative estimate of drug-likeness (QED) is 0.197. The van der Waals surface area contributed by atoms with Crippen molar-refractivity contribution in [3.05, 3.63) is 36.6 Å². The van der Waals surface area contributed by atoms with Crippen molar-refractivity contribution in [3.8, 4) is 0 Å². The van der Waals surface area contributed by atoms with Crippen molar-refractivity contribution < 1.29 is 48.7 Å². The minimum atomic E-state index is -1.26. The van der Waals surface area contributed by atoms with E-state index in [0.29, 0.717) is 6.42 Å². The van der Waals surface area contributed by atoms with Gasteiger partial charge in [-0.1, -0.05) is 45.1 Å². The van der Waals surface area contributed by atoms with Gasteiger partial charge in [0.05, 0.1) is 49.7 Å². The summed E-state index contributed by atoms with van der Waals surface area (Å²) >= 11 is 0. The van der Waals surface area contributed by atoms with Crippen LogP contribution in [-0.4, -0.2) is 108 Å². The van der Waals surface area contributed by atoms with Gasteiger partial charge < -0.3 is 44.0 Å². The Bertz CT molecular complexity index is 1010. The number of ether oxygens (including phenoxy) is 4. The van der Waals surface area contributed by atoms with E-state index in [-0.39, 0.29) is 37.6 Å². The Hall–Kier alpha value is -2.41. The Morgan fingerprint density at radius 2 is 1.80 bits per heavy atom. The van der Waals surface area contributed by atoms with E-state index < -0.39 is 72.7 Å². The van der Waals surface area contributed by atoms with Crippen molar-refractivity contribution in [2.75, 3.05) is 20.7 Å². The maximum absolute atomic E-state index is 13.2. The number of cyclic esters (lactones) is 1. The molecule has 2 aliphatic heterocycles. The molecule has 0 unspecified atom stereocenters. The number of carbonyl (C=O) groups is 3.